The van der Waals surface area contributed by atoms with Gasteiger partial charge in [-0.25, -0.2) is 0 Å². The normalized spacial score (nSPS) is 21.6. The van der Waals surface area contributed by atoms with Gasteiger partial charge in [-0.15, -0.1) is 0 Å². The first kappa shape index (κ1) is 27.8. The van der Waals surface area contributed by atoms with Gasteiger partial charge in [0.15, 0.2) is 0 Å². The zero-order chi connectivity index (χ0) is 26.3. The van der Waals surface area contributed by atoms with Gasteiger partial charge in [0.25, 0.3) is 10.9 Å². The molecule has 1 saturated heterocycles. The molecule has 2 aromatic carbocycles. The van der Waals surface area contributed by atoms with Crippen LogP contribution >= 0.6 is 0 Å². The molecule has 1 aliphatic heterocycles. The quantitative estimate of drug-likeness (QED) is 0.258. The fourth-order valence-corrected chi connectivity index (χ4v) is 6.76. The predicted octanol–water partition coefficient (Wildman–Crippen LogP) is 5.07. The van der Waals surface area contributed by atoms with Crippen LogP contribution in [0.25, 0.3) is 0 Å². The van der Waals surface area contributed by atoms with Crippen molar-refractivity contribution in [1.29, 1.82) is 0 Å². The van der Waals surface area contributed by atoms with Crippen LogP contribution in [0, 0.1) is 11.8 Å². The van der Waals surface area contributed by atoms with E-state index in [4.69, 9.17) is 5.73 Å². The lowest BCUT2D eigenvalue weighted by atomic mass is 9.74. The molecule has 4 N–H and O–H groups in total. The number of rotatable bonds is 13. The Bertz CT molecular complexity index is 1040. The Hall–Kier alpha value is -2.18. The van der Waals surface area contributed by atoms with Gasteiger partial charge in [-0.1, -0.05) is 95.0 Å². The summed E-state index contributed by atoms with van der Waals surface area (Å²) in [6.07, 6.45) is 14.2. The van der Waals surface area contributed by atoms with E-state index in [0.29, 0.717) is 36.8 Å². The van der Waals surface area contributed by atoms with Gasteiger partial charge in [0.05, 0.1) is 5.60 Å². The van der Waals surface area contributed by atoms with Crippen LogP contribution in [-0.2, 0) is 5.60 Å². The van der Waals surface area contributed by atoms with Gasteiger partial charge in [0.1, 0.15) is 11.4 Å². The standard InChI is InChI=1S/C31H47N3O3/c1-2-3-4-11-18-31(37,24-15-9-6-10-16-24)25-17-12-19-34(22-25)28-27(29(35)30(28)36)33-26(21-32)20-23-13-7-5-8-14-23/h6,9-10,15-16,23,25-26,33,37H,2-5,7-8,11-14,17-22,32H2,1H3/t25-,26+,31-/m1/s1. The highest BCUT2D eigenvalue weighted by molar-refractivity contribution is 5.75. The molecule has 1 heterocycles. The summed E-state index contributed by atoms with van der Waals surface area (Å²) >= 11 is 0. The van der Waals surface area contributed by atoms with Crippen molar-refractivity contribution >= 4 is 11.4 Å². The smallest absolute Gasteiger partial charge is 0.253 e. The van der Waals surface area contributed by atoms with Gasteiger partial charge < -0.3 is 21.1 Å². The maximum atomic E-state index is 12.8. The van der Waals surface area contributed by atoms with Crippen molar-refractivity contribution < 1.29 is 5.11 Å². The highest BCUT2D eigenvalue weighted by atomic mass is 16.3. The summed E-state index contributed by atoms with van der Waals surface area (Å²) < 4.78 is 0. The maximum Gasteiger partial charge on any atom is 0.253 e. The fraction of sp³-hybridized carbons (Fsp3) is 0.677. The summed E-state index contributed by atoms with van der Waals surface area (Å²) in [4.78, 5) is 27.6. The van der Waals surface area contributed by atoms with Gasteiger partial charge in [0.2, 0.25) is 0 Å². The van der Waals surface area contributed by atoms with Crippen LogP contribution in [0.5, 0.6) is 0 Å². The molecule has 0 aromatic heterocycles. The highest BCUT2D eigenvalue weighted by Crippen LogP contribution is 2.41. The van der Waals surface area contributed by atoms with E-state index in [1.807, 2.05) is 30.3 Å². The van der Waals surface area contributed by atoms with Crippen molar-refractivity contribution in [2.24, 2.45) is 17.6 Å². The molecule has 37 heavy (non-hydrogen) atoms. The highest BCUT2D eigenvalue weighted by Gasteiger charge is 2.42. The van der Waals surface area contributed by atoms with Crippen LogP contribution in [0.1, 0.15) is 96.0 Å². The van der Waals surface area contributed by atoms with Crippen LogP contribution in [0.2, 0.25) is 0 Å². The summed E-state index contributed by atoms with van der Waals surface area (Å²) in [6, 6.07) is 10.0. The van der Waals surface area contributed by atoms with Crippen LogP contribution in [0.15, 0.2) is 39.9 Å². The Morgan fingerprint density at radius 2 is 1.78 bits per heavy atom. The van der Waals surface area contributed by atoms with E-state index in [-0.39, 0.29) is 12.0 Å². The van der Waals surface area contributed by atoms with Gasteiger partial charge in [-0.3, -0.25) is 9.59 Å². The molecule has 1 saturated carbocycles. The van der Waals surface area contributed by atoms with Crippen molar-refractivity contribution in [1.82, 2.24) is 0 Å². The van der Waals surface area contributed by atoms with E-state index < -0.39 is 16.5 Å². The topological polar surface area (TPSA) is 95.7 Å². The number of nitrogens with two attached hydrogens (primary N) is 1. The van der Waals surface area contributed by atoms with E-state index in [2.05, 4.69) is 17.1 Å². The lowest BCUT2D eigenvalue weighted by Gasteiger charge is -2.44. The average Bonchev–Trinajstić information content (AvgIpc) is 2.95. The van der Waals surface area contributed by atoms with E-state index in [0.717, 1.165) is 50.6 Å². The number of hydrogen-bond donors (Lipinski definition) is 3. The minimum Gasteiger partial charge on any atom is -0.385 e. The third-order valence-corrected chi connectivity index (χ3v) is 8.96. The van der Waals surface area contributed by atoms with Crippen molar-refractivity contribution in [2.75, 3.05) is 29.9 Å². The molecule has 0 amide bonds. The molecule has 0 bridgehead atoms. The van der Waals surface area contributed by atoms with Crippen molar-refractivity contribution in [2.45, 2.75) is 102 Å². The van der Waals surface area contributed by atoms with Gasteiger partial charge >= 0.3 is 0 Å². The summed E-state index contributed by atoms with van der Waals surface area (Å²) in [5, 5.41) is 15.5. The van der Waals surface area contributed by atoms with Crippen LogP contribution in [0.4, 0.5) is 11.4 Å². The Balaban J connectivity index is 1.50. The maximum absolute atomic E-state index is 12.8. The Morgan fingerprint density at radius 1 is 1.03 bits per heavy atom. The van der Waals surface area contributed by atoms with E-state index in [1.165, 1.54) is 38.5 Å². The largest absolute Gasteiger partial charge is 0.385 e. The first-order valence-corrected chi connectivity index (χ1v) is 14.8. The second kappa shape index (κ2) is 13.1. The molecule has 2 fully saturated rings. The van der Waals surface area contributed by atoms with Crippen molar-refractivity contribution in [3.05, 3.63) is 56.3 Å². The molecule has 3 atom stereocenters. The molecule has 6 heteroatoms. The monoisotopic (exact) mass is 509 g/mol. The number of nitrogens with zero attached hydrogens (tertiary/aromatic N) is 1. The summed E-state index contributed by atoms with van der Waals surface area (Å²) in [5.74, 6) is 0.632. The molecule has 204 valence electrons. The minimum absolute atomic E-state index is 0.00456. The molecule has 4 rings (SSSR count). The van der Waals surface area contributed by atoms with Crippen LogP contribution < -0.4 is 26.8 Å². The molecular formula is C31H47N3O3. The molecule has 0 unspecified atom stereocenters. The van der Waals surface area contributed by atoms with E-state index in [9.17, 15) is 14.7 Å². The number of aliphatic hydroxyl groups is 1. The third-order valence-electron chi connectivity index (χ3n) is 8.96. The van der Waals surface area contributed by atoms with Gasteiger partial charge in [-0.2, -0.15) is 0 Å². The lowest BCUT2D eigenvalue weighted by molar-refractivity contribution is -0.0392. The van der Waals surface area contributed by atoms with Crippen LogP contribution in [0.3, 0.4) is 0 Å². The summed E-state index contributed by atoms with van der Waals surface area (Å²) in [7, 11) is 0. The number of piperidine rings is 1. The number of benzene rings is 1. The summed E-state index contributed by atoms with van der Waals surface area (Å²) in [6.45, 7) is 3.95. The second-order valence-electron chi connectivity index (χ2n) is 11.6. The zero-order valence-electron chi connectivity index (χ0n) is 22.7. The van der Waals surface area contributed by atoms with Gasteiger partial charge in [-0.05, 0) is 37.2 Å². The molecule has 1 aliphatic carbocycles. The Morgan fingerprint density at radius 3 is 2.49 bits per heavy atom. The van der Waals surface area contributed by atoms with Crippen LogP contribution in [-0.4, -0.2) is 30.8 Å². The third kappa shape index (κ3) is 6.46. The summed E-state index contributed by atoms with van der Waals surface area (Å²) in [5.41, 5.74) is 6.26. The van der Waals surface area contributed by atoms with Crippen molar-refractivity contribution in [3.63, 3.8) is 0 Å². The first-order valence-electron chi connectivity index (χ1n) is 14.8. The first-order chi connectivity index (χ1) is 18.0. The molecule has 2 aromatic rings. The number of nitrogens with one attached hydrogen (secondary N) is 1. The number of unbranched alkanes of at least 4 members (excludes halogenated alkanes) is 3. The zero-order valence-corrected chi connectivity index (χ0v) is 22.7. The van der Waals surface area contributed by atoms with E-state index in [1.54, 1.807) is 0 Å². The average molecular weight is 510 g/mol. The van der Waals surface area contributed by atoms with Gasteiger partial charge in [0, 0.05) is 31.6 Å². The predicted molar refractivity (Wildman–Crippen MR) is 153 cm³/mol. The molecule has 6 nitrogen and oxygen atoms in total. The number of anilines is 2. The lowest BCUT2D eigenvalue weighted by Crippen LogP contribution is -2.51. The van der Waals surface area contributed by atoms with Crippen molar-refractivity contribution in [3.8, 4) is 0 Å². The number of hydrogen-bond acceptors (Lipinski definition) is 6. The SMILES string of the molecule is CCCCCC[C@@](O)(c1ccccc1)[C@@H]1CCCN(c2c(N[C@H](CN)CC3CCCCC3)c(=O)c2=O)C1. The molecular weight excluding hydrogens is 462 g/mol. The Kier molecular flexibility index (Phi) is 9.83. The molecule has 2 aliphatic rings. The molecule has 0 radical (unpaired) electrons. The molecule has 0 spiro atoms. The second-order valence-corrected chi connectivity index (χ2v) is 11.6. The Labute approximate surface area is 222 Å². The minimum atomic E-state index is -0.945. The fourth-order valence-electron chi connectivity index (χ4n) is 6.76. The van der Waals surface area contributed by atoms with E-state index >= 15 is 0 Å².